The van der Waals surface area contributed by atoms with Crippen molar-refractivity contribution in [2.75, 3.05) is 0 Å². The van der Waals surface area contributed by atoms with E-state index in [1.165, 1.54) is 0 Å². The Labute approximate surface area is 227 Å². The van der Waals surface area contributed by atoms with Crippen molar-refractivity contribution in [1.29, 1.82) is 0 Å². The van der Waals surface area contributed by atoms with E-state index >= 15 is 0 Å². The second kappa shape index (κ2) is 7.33. The highest BCUT2D eigenvalue weighted by Gasteiger charge is 2.84. The Morgan fingerprint density at radius 2 is 0.739 bits per heavy atom. The highest BCUT2D eigenvalue weighted by Crippen LogP contribution is 2.83. The fourth-order valence-electron chi connectivity index (χ4n) is 2.25. The van der Waals surface area contributed by atoms with Crippen LogP contribution in [0.1, 0.15) is 5.56 Å². The number of rotatable bonds is 1. The second-order valence-electron chi connectivity index (χ2n) is 4.90. The van der Waals surface area contributed by atoms with Crippen molar-refractivity contribution < 1.29 is 0 Å². The van der Waals surface area contributed by atoms with E-state index in [1.54, 1.807) is 0 Å². The molecular weight excluding hydrogens is 1020 g/mol. The molecule has 1 fully saturated rings. The first-order valence-electron chi connectivity index (χ1n) is 5.74. The third kappa shape index (κ3) is 3.03. The highest BCUT2D eigenvalue weighted by atomic mass is 79.9. The van der Waals surface area contributed by atoms with E-state index in [1.807, 2.05) is 18.2 Å². The van der Waals surface area contributed by atoms with E-state index in [9.17, 15) is 0 Å². The van der Waals surface area contributed by atoms with E-state index in [2.05, 4.69) is 187 Å². The molecule has 23 heavy (non-hydrogen) atoms. The molecule has 1 aromatic carbocycles. The van der Waals surface area contributed by atoms with Gasteiger partial charge in [0.05, 0.1) is 0 Å². The number of hydrogen-bond donors (Lipinski definition) is 0. The summed E-state index contributed by atoms with van der Waals surface area (Å²) in [6.45, 7) is 0. The zero-order valence-electron chi connectivity index (χ0n) is 10.5. The van der Waals surface area contributed by atoms with Gasteiger partial charge < -0.3 is 0 Å². The first-order valence-corrected chi connectivity index (χ1v) is 14.5. The van der Waals surface area contributed by atoms with Crippen LogP contribution in [0.25, 0.3) is 0 Å². The molecule has 0 radical (unpaired) electrons. The summed E-state index contributed by atoms with van der Waals surface area (Å²) in [5.74, 6) is 0. The van der Waals surface area contributed by atoms with Gasteiger partial charge in [0.25, 0.3) is 0 Å². The molecule has 0 nitrogen and oxygen atoms in total. The Kier molecular flexibility index (Phi) is 7.57. The summed E-state index contributed by atoms with van der Waals surface area (Å²) in [6.07, 6.45) is 0. The van der Waals surface area contributed by atoms with Gasteiger partial charge in [-0.2, -0.15) is 0 Å². The van der Waals surface area contributed by atoms with Crippen molar-refractivity contribution in [1.82, 2.24) is 0 Å². The van der Waals surface area contributed by atoms with Crippen LogP contribution in [0, 0.1) is 0 Å². The molecule has 0 spiro atoms. The molecule has 0 atom stereocenters. The number of benzene rings is 1. The van der Waals surface area contributed by atoms with Gasteiger partial charge in [-0.25, -0.2) is 0 Å². The molecule has 2 rings (SSSR count). The van der Waals surface area contributed by atoms with Crippen LogP contribution in [-0.2, 0) is 4.32 Å². The van der Waals surface area contributed by atoms with E-state index in [0.29, 0.717) is 0 Å². The molecule has 1 aliphatic carbocycles. The Morgan fingerprint density at radius 3 is 1.09 bits per heavy atom. The molecule has 0 aliphatic heterocycles. The summed E-state index contributed by atoms with van der Waals surface area (Å²) in [5, 5.41) is 0. The van der Waals surface area contributed by atoms with Gasteiger partial charge in [-0.15, -0.1) is 0 Å². The first-order chi connectivity index (χ1) is 10.1. The van der Waals surface area contributed by atoms with Gasteiger partial charge in [0, 0.05) is 0 Å². The minimum atomic E-state index is -0.716. The topological polar surface area (TPSA) is 0 Å². The second-order valence-corrected chi connectivity index (χ2v) is 23.3. The van der Waals surface area contributed by atoms with E-state index in [4.69, 9.17) is 0 Å². The molecule has 1 aromatic rings. The molecule has 0 aromatic heterocycles. The zero-order chi connectivity index (χ0) is 18.1. The molecule has 0 bridgehead atoms. The number of hydrogen-bond acceptors (Lipinski definition) is 0. The Morgan fingerprint density at radius 1 is 0.435 bits per heavy atom. The van der Waals surface area contributed by atoms with Gasteiger partial charge >= 0.3 is 0 Å². The fourth-order valence-corrected chi connectivity index (χ4v) is 15.3. The van der Waals surface area contributed by atoms with Crippen LogP contribution in [0.2, 0.25) is 0 Å². The van der Waals surface area contributed by atoms with Crippen molar-refractivity contribution in [3.8, 4) is 0 Å². The van der Waals surface area contributed by atoms with Crippen LogP contribution < -0.4 is 0 Å². The van der Waals surface area contributed by atoms with Crippen molar-refractivity contribution in [2.24, 2.45) is 0 Å². The van der Waals surface area contributed by atoms with E-state index in [0.717, 1.165) is 5.56 Å². The lowest BCUT2D eigenvalue weighted by Gasteiger charge is -2.66. The average molecular weight is 1030 g/mol. The van der Waals surface area contributed by atoms with Crippen molar-refractivity contribution in [3.63, 3.8) is 0 Å². The molecule has 1 aliphatic rings. The Balaban J connectivity index is 2.91. The van der Waals surface area contributed by atoms with Gasteiger partial charge in [0.1, 0.15) is 20.5 Å². The van der Waals surface area contributed by atoms with Crippen LogP contribution in [0.15, 0.2) is 30.3 Å². The first kappa shape index (κ1) is 23.8. The Bertz CT molecular complexity index is 575. The molecular formula is C12H5Br11. The molecule has 0 amide bonds. The molecule has 1 saturated carbocycles. The van der Waals surface area contributed by atoms with Crippen LogP contribution in [0.4, 0.5) is 0 Å². The fraction of sp³-hybridized carbons (Fsp3) is 0.500. The summed E-state index contributed by atoms with van der Waals surface area (Å²) < 4.78 is -4.24. The van der Waals surface area contributed by atoms with Crippen molar-refractivity contribution >= 4 is 175 Å². The maximum atomic E-state index is 4.00. The Hall–Kier alpha value is 4.50. The number of alkyl halides is 11. The zero-order valence-corrected chi connectivity index (χ0v) is 28.0. The third-order valence-corrected chi connectivity index (χ3v) is 27.8. The third-order valence-electron chi connectivity index (χ3n) is 3.61. The maximum absolute atomic E-state index is 4.00. The average Bonchev–Trinajstić information content (AvgIpc) is 2.45. The lowest BCUT2D eigenvalue weighted by molar-refractivity contribution is 0.411. The van der Waals surface area contributed by atoms with Crippen molar-refractivity contribution in [3.05, 3.63) is 35.9 Å². The molecule has 0 saturated heterocycles. The SMILES string of the molecule is BrC1(Br)C(Br)(Br)C(Br)(Br)C(Br)(c2ccccc2)C(Br)(Br)C1(Br)Br. The highest BCUT2D eigenvalue weighted by molar-refractivity contribution is 9.36. The smallest absolute Gasteiger partial charge is 0.0749 e. The molecule has 0 unspecified atom stereocenters. The lowest BCUT2D eigenvalue weighted by Crippen LogP contribution is -2.76. The quantitative estimate of drug-likeness (QED) is 0.246. The minimum Gasteiger partial charge on any atom is -0.0749 e. The molecule has 11 heteroatoms. The van der Waals surface area contributed by atoms with Gasteiger partial charge in [-0.05, 0) is 5.56 Å². The number of halogens is 11. The van der Waals surface area contributed by atoms with Gasteiger partial charge in [-0.1, -0.05) is 206 Å². The summed E-state index contributed by atoms with van der Waals surface area (Å²) in [5.41, 5.74) is 1.05. The van der Waals surface area contributed by atoms with Gasteiger partial charge in [0.15, 0.2) is 0 Å². The predicted octanol–water partition coefficient (Wildman–Crippen LogP) is 9.72. The predicted molar refractivity (Wildman–Crippen MR) is 140 cm³/mol. The van der Waals surface area contributed by atoms with Crippen LogP contribution in [-0.4, -0.2) is 16.2 Å². The van der Waals surface area contributed by atoms with E-state index in [-0.39, 0.29) is 0 Å². The normalized spacial score (nSPS) is 29.0. The molecule has 0 heterocycles. The summed E-state index contributed by atoms with van der Waals surface area (Å²) >= 11 is 42.5. The van der Waals surface area contributed by atoms with Crippen LogP contribution in [0.5, 0.6) is 0 Å². The molecule has 0 N–H and O–H groups in total. The molecule has 130 valence electrons. The largest absolute Gasteiger partial charge is 0.135 e. The summed E-state index contributed by atoms with van der Waals surface area (Å²) in [7, 11) is 0. The van der Waals surface area contributed by atoms with E-state index < -0.39 is 20.5 Å². The van der Waals surface area contributed by atoms with Crippen molar-refractivity contribution in [2.45, 2.75) is 20.5 Å². The summed E-state index contributed by atoms with van der Waals surface area (Å²) in [6, 6.07) is 10.1. The maximum Gasteiger partial charge on any atom is 0.135 e. The van der Waals surface area contributed by atoms with Gasteiger partial charge in [0.2, 0.25) is 0 Å². The van der Waals surface area contributed by atoms with Gasteiger partial charge in [-0.3, -0.25) is 0 Å². The lowest BCUT2D eigenvalue weighted by atomic mass is 9.82. The monoisotopic (exact) mass is 1020 g/mol. The van der Waals surface area contributed by atoms with Crippen LogP contribution >= 0.6 is 175 Å². The standard InChI is InChI=1S/C12H5Br11/c13-7(6-4-2-1-3-5-6)8(14,15)10(18,19)12(22,23)11(20,21)9(7,16)17/h1-5H. The minimum absolute atomic E-state index is 0.681. The summed E-state index contributed by atoms with van der Waals surface area (Å²) in [4.78, 5) is 0. The van der Waals surface area contributed by atoms with Crippen LogP contribution in [0.3, 0.4) is 0 Å².